The van der Waals surface area contributed by atoms with Gasteiger partial charge in [-0.1, -0.05) is 12.8 Å². The summed E-state index contributed by atoms with van der Waals surface area (Å²) in [6, 6.07) is 0. The van der Waals surface area contributed by atoms with Crippen molar-refractivity contribution < 1.29 is 14.6 Å². The molecule has 4 nitrogen and oxygen atoms in total. The second kappa shape index (κ2) is 8.01. The molecule has 0 aromatic heterocycles. The average Bonchev–Trinajstić information content (AvgIpc) is 2.09. The van der Waals surface area contributed by atoms with Crippen LogP contribution in [0.4, 0.5) is 0 Å². The number of rotatable bonds is 7. The van der Waals surface area contributed by atoms with E-state index in [0.717, 1.165) is 19.3 Å². The lowest BCUT2D eigenvalue weighted by molar-refractivity contribution is -0.144. The molecule has 78 valence electrons. The molecule has 0 radical (unpaired) electrons. The van der Waals surface area contributed by atoms with Gasteiger partial charge in [-0.15, -0.1) is 0 Å². The molecule has 0 aliphatic heterocycles. The molecule has 13 heavy (non-hydrogen) atoms. The van der Waals surface area contributed by atoms with E-state index in [9.17, 15) is 9.90 Å². The normalized spacial score (nSPS) is 12.5. The number of hydrogen-bond donors (Lipinski definition) is 2. The highest BCUT2D eigenvalue weighted by molar-refractivity contribution is 5.65. The van der Waals surface area contributed by atoms with Gasteiger partial charge in [0.15, 0.2) is 0 Å². The number of ether oxygens (including phenoxy) is 1. The fourth-order valence-electron chi connectivity index (χ4n) is 0.998. The van der Waals surface area contributed by atoms with Gasteiger partial charge in [-0.05, 0) is 19.4 Å². The number of nitrogens with two attached hydrogens (primary N) is 1. The molecular weight excluding hydrogens is 170 g/mol. The fraction of sp³-hybridized carbons (Fsp3) is 0.889. The van der Waals surface area contributed by atoms with Gasteiger partial charge in [0.25, 0.3) is 0 Å². The van der Waals surface area contributed by atoms with Crippen LogP contribution in [0.2, 0.25) is 0 Å². The Hall–Kier alpha value is -0.610. The molecule has 3 N–H and O–H groups in total. The van der Waals surface area contributed by atoms with Gasteiger partial charge in [0, 0.05) is 6.92 Å². The molecule has 0 rings (SSSR count). The monoisotopic (exact) mass is 189 g/mol. The van der Waals surface area contributed by atoms with Crippen molar-refractivity contribution in [1.82, 2.24) is 0 Å². The van der Waals surface area contributed by atoms with Gasteiger partial charge in [0.1, 0.15) is 6.61 Å². The Balaban J connectivity index is 3.19. The number of hydrogen-bond acceptors (Lipinski definition) is 4. The summed E-state index contributed by atoms with van der Waals surface area (Å²) in [7, 11) is 0. The van der Waals surface area contributed by atoms with Crippen LogP contribution >= 0.6 is 0 Å². The Bertz CT molecular complexity index is 139. The summed E-state index contributed by atoms with van der Waals surface area (Å²) in [5, 5.41) is 9.29. The largest absolute Gasteiger partial charge is 0.463 e. The summed E-state index contributed by atoms with van der Waals surface area (Å²) in [5.74, 6) is -0.346. The maximum Gasteiger partial charge on any atom is 0.302 e. The van der Waals surface area contributed by atoms with Crippen molar-refractivity contribution in [3.05, 3.63) is 0 Å². The van der Waals surface area contributed by atoms with Crippen LogP contribution in [0.15, 0.2) is 0 Å². The fourth-order valence-corrected chi connectivity index (χ4v) is 0.998. The number of aliphatic hydroxyl groups excluding tert-OH is 1. The van der Waals surface area contributed by atoms with Crippen LogP contribution in [-0.2, 0) is 9.53 Å². The van der Waals surface area contributed by atoms with Gasteiger partial charge in [-0.2, -0.15) is 0 Å². The van der Waals surface area contributed by atoms with E-state index in [1.165, 1.54) is 6.92 Å². The highest BCUT2D eigenvalue weighted by Crippen LogP contribution is 2.03. The summed E-state index contributed by atoms with van der Waals surface area (Å²) >= 11 is 0. The third-order valence-corrected chi connectivity index (χ3v) is 1.72. The number of aliphatic hydroxyl groups is 1. The van der Waals surface area contributed by atoms with E-state index < -0.39 is 6.10 Å². The van der Waals surface area contributed by atoms with E-state index in [2.05, 4.69) is 4.74 Å². The first-order valence-corrected chi connectivity index (χ1v) is 4.68. The lowest BCUT2D eigenvalue weighted by atomic mass is 10.1. The summed E-state index contributed by atoms with van der Waals surface area (Å²) < 4.78 is 4.65. The molecule has 0 amide bonds. The predicted molar refractivity (Wildman–Crippen MR) is 50.2 cm³/mol. The minimum absolute atomic E-state index is 0.109. The molecule has 0 spiro atoms. The third kappa shape index (κ3) is 9.30. The molecule has 1 unspecified atom stereocenters. The van der Waals surface area contributed by atoms with E-state index in [1.54, 1.807) is 0 Å². The third-order valence-electron chi connectivity index (χ3n) is 1.72. The number of carbonyl (C=O) groups is 1. The number of unbranched alkanes of at least 4 members (excludes halogenated alkanes) is 2. The minimum atomic E-state index is -0.526. The first-order valence-electron chi connectivity index (χ1n) is 4.68. The molecule has 0 aromatic carbocycles. The molecule has 1 atom stereocenters. The maximum atomic E-state index is 10.4. The van der Waals surface area contributed by atoms with Crippen molar-refractivity contribution in [2.24, 2.45) is 5.73 Å². The molecule has 0 fully saturated rings. The van der Waals surface area contributed by atoms with Crippen LogP contribution in [-0.4, -0.2) is 30.3 Å². The van der Waals surface area contributed by atoms with Crippen LogP contribution < -0.4 is 5.73 Å². The molecule has 0 aliphatic rings. The Morgan fingerprint density at radius 1 is 1.46 bits per heavy atom. The number of carbonyl (C=O) groups excluding carboxylic acids is 1. The highest BCUT2D eigenvalue weighted by Gasteiger charge is 2.05. The van der Waals surface area contributed by atoms with Gasteiger partial charge in [-0.3, -0.25) is 4.79 Å². The molecular formula is C9H19NO3. The Morgan fingerprint density at radius 2 is 2.15 bits per heavy atom. The van der Waals surface area contributed by atoms with E-state index in [-0.39, 0.29) is 12.6 Å². The summed E-state index contributed by atoms with van der Waals surface area (Å²) in [5.41, 5.74) is 5.31. The summed E-state index contributed by atoms with van der Waals surface area (Å²) in [4.78, 5) is 10.4. The molecule has 0 saturated carbocycles. The molecule has 0 saturated heterocycles. The van der Waals surface area contributed by atoms with Gasteiger partial charge in [-0.25, -0.2) is 0 Å². The Kier molecular flexibility index (Phi) is 7.63. The quantitative estimate of drug-likeness (QED) is 0.450. The van der Waals surface area contributed by atoms with Crippen LogP contribution in [0.3, 0.4) is 0 Å². The van der Waals surface area contributed by atoms with Crippen molar-refractivity contribution in [2.45, 2.75) is 38.7 Å². The molecule has 0 aliphatic carbocycles. The lowest BCUT2D eigenvalue weighted by Gasteiger charge is -2.09. The van der Waals surface area contributed by atoms with Crippen LogP contribution in [0.5, 0.6) is 0 Å². The van der Waals surface area contributed by atoms with Gasteiger partial charge in [0.2, 0.25) is 0 Å². The standard InChI is InChI=1S/C9H19NO3/c1-8(11)13-7-9(12)5-3-2-4-6-10/h9,12H,2-7,10H2,1H3. The van der Waals surface area contributed by atoms with Crippen molar-refractivity contribution in [3.8, 4) is 0 Å². The Labute approximate surface area is 79.1 Å². The number of esters is 1. The van der Waals surface area contributed by atoms with E-state index >= 15 is 0 Å². The van der Waals surface area contributed by atoms with Crippen molar-refractivity contribution >= 4 is 5.97 Å². The molecule has 4 heteroatoms. The van der Waals surface area contributed by atoms with E-state index in [4.69, 9.17) is 5.73 Å². The van der Waals surface area contributed by atoms with Crippen molar-refractivity contribution in [3.63, 3.8) is 0 Å². The van der Waals surface area contributed by atoms with E-state index in [1.807, 2.05) is 0 Å². The van der Waals surface area contributed by atoms with Crippen LogP contribution in [0, 0.1) is 0 Å². The zero-order valence-electron chi connectivity index (χ0n) is 8.16. The molecule has 0 heterocycles. The Morgan fingerprint density at radius 3 is 2.69 bits per heavy atom. The predicted octanol–water partition coefficient (Wildman–Crippen LogP) is 0.429. The van der Waals surface area contributed by atoms with Crippen molar-refractivity contribution in [2.75, 3.05) is 13.2 Å². The molecule has 0 aromatic rings. The second-order valence-electron chi connectivity index (χ2n) is 3.09. The second-order valence-corrected chi connectivity index (χ2v) is 3.09. The first kappa shape index (κ1) is 12.4. The average molecular weight is 189 g/mol. The zero-order valence-corrected chi connectivity index (χ0v) is 8.16. The summed E-state index contributed by atoms with van der Waals surface area (Å²) in [6.07, 6.45) is 3.09. The smallest absolute Gasteiger partial charge is 0.302 e. The zero-order chi connectivity index (χ0) is 10.1. The first-order chi connectivity index (χ1) is 6.16. The van der Waals surface area contributed by atoms with Crippen LogP contribution in [0.1, 0.15) is 32.6 Å². The summed E-state index contributed by atoms with van der Waals surface area (Å²) in [6.45, 7) is 2.14. The lowest BCUT2D eigenvalue weighted by Crippen LogP contribution is -2.17. The van der Waals surface area contributed by atoms with Gasteiger partial charge >= 0.3 is 5.97 Å². The SMILES string of the molecule is CC(=O)OCC(O)CCCCCN. The van der Waals surface area contributed by atoms with Gasteiger partial charge < -0.3 is 15.6 Å². The van der Waals surface area contributed by atoms with Crippen LogP contribution in [0.25, 0.3) is 0 Å². The molecule has 0 bridgehead atoms. The van der Waals surface area contributed by atoms with Crippen molar-refractivity contribution in [1.29, 1.82) is 0 Å². The van der Waals surface area contributed by atoms with Gasteiger partial charge in [0.05, 0.1) is 6.10 Å². The van der Waals surface area contributed by atoms with E-state index in [0.29, 0.717) is 13.0 Å². The minimum Gasteiger partial charge on any atom is -0.463 e. The maximum absolute atomic E-state index is 10.4. The topological polar surface area (TPSA) is 72.5 Å². The highest BCUT2D eigenvalue weighted by atomic mass is 16.5.